The zero-order valence-corrected chi connectivity index (χ0v) is 14.7. The summed E-state index contributed by atoms with van der Waals surface area (Å²) in [5, 5.41) is 8.72. The third kappa shape index (κ3) is 3.35. The van der Waals surface area contributed by atoms with Crippen LogP contribution in [0.25, 0.3) is 11.0 Å². The fourth-order valence-electron chi connectivity index (χ4n) is 3.13. The maximum atomic E-state index is 12.6. The Kier molecular flexibility index (Phi) is 4.47. The standard InChI is InChI=1S/C18H21N7O/c1-2-14-11-17(20-13-19-14)23-7-9-24(10-8-23)18(26)12-25-21-15-5-3-4-6-16(15)22-25/h3-6,11,13H,2,7-10,12H2,1H3. The number of fused-ring (bicyclic) bond motifs is 1. The number of aryl methyl sites for hydroxylation is 1. The number of hydrogen-bond acceptors (Lipinski definition) is 6. The van der Waals surface area contributed by atoms with Crippen molar-refractivity contribution in [1.29, 1.82) is 0 Å². The number of carbonyl (C=O) groups is 1. The highest BCUT2D eigenvalue weighted by Crippen LogP contribution is 2.14. The van der Waals surface area contributed by atoms with Crippen LogP contribution in [0.4, 0.5) is 5.82 Å². The van der Waals surface area contributed by atoms with Gasteiger partial charge in [-0.1, -0.05) is 19.1 Å². The van der Waals surface area contributed by atoms with Crippen molar-refractivity contribution in [3.8, 4) is 0 Å². The van der Waals surface area contributed by atoms with Crippen LogP contribution < -0.4 is 4.90 Å². The van der Waals surface area contributed by atoms with E-state index in [0.717, 1.165) is 42.1 Å². The van der Waals surface area contributed by atoms with E-state index < -0.39 is 0 Å². The van der Waals surface area contributed by atoms with Crippen molar-refractivity contribution in [2.24, 2.45) is 0 Å². The van der Waals surface area contributed by atoms with Crippen molar-refractivity contribution in [1.82, 2.24) is 29.9 Å². The highest BCUT2D eigenvalue weighted by atomic mass is 16.2. The normalized spacial score (nSPS) is 14.8. The van der Waals surface area contributed by atoms with Gasteiger partial charge in [-0.3, -0.25) is 4.79 Å². The molecule has 8 nitrogen and oxygen atoms in total. The highest BCUT2D eigenvalue weighted by Gasteiger charge is 2.22. The Morgan fingerprint density at radius 2 is 1.73 bits per heavy atom. The molecule has 0 spiro atoms. The van der Waals surface area contributed by atoms with Gasteiger partial charge in [0.25, 0.3) is 0 Å². The first-order valence-electron chi connectivity index (χ1n) is 8.86. The number of carbonyl (C=O) groups excluding carboxylic acids is 1. The van der Waals surface area contributed by atoms with Gasteiger partial charge in [0, 0.05) is 37.9 Å². The molecule has 0 unspecified atom stereocenters. The predicted molar refractivity (Wildman–Crippen MR) is 97.7 cm³/mol. The van der Waals surface area contributed by atoms with Crippen LogP contribution in [0.5, 0.6) is 0 Å². The zero-order valence-electron chi connectivity index (χ0n) is 14.7. The first-order valence-corrected chi connectivity index (χ1v) is 8.86. The minimum absolute atomic E-state index is 0.0434. The molecule has 4 rings (SSSR count). The van der Waals surface area contributed by atoms with E-state index in [1.54, 1.807) is 6.33 Å². The van der Waals surface area contributed by atoms with Crippen LogP contribution in [0.3, 0.4) is 0 Å². The number of piperazine rings is 1. The lowest BCUT2D eigenvalue weighted by Crippen LogP contribution is -2.50. The summed E-state index contributed by atoms with van der Waals surface area (Å²) in [6.45, 7) is 5.12. The summed E-state index contributed by atoms with van der Waals surface area (Å²) in [7, 11) is 0. The molecular weight excluding hydrogens is 330 g/mol. The summed E-state index contributed by atoms with van der Waals surface area (Å²) in [5.74, 6) is 0.978. The molecule has 1 aliphatic rings. The zero-order chi connectivity index (χ0) is 17.9. The molecule has 8 heteroatoms. The second-order valence-electron chi connectivity index (χ2n) is 6.31. The van der Waals surface area contributed by atoms with Crippen molar-refractivity contribution in [2.45, 2.75) is 19.9 Å². The van der Waals surface area contributed by atoms with E-state index in [-0.39, 0.29) is 12.5 Å². The van der Waals surface area contributed by atoms with Crippen LogP contribution >= 0.6 is 0 Å². The fraction of sp³-hybridized carbons (Fsp3) is 0.389. The number of aromatic nitrogens is 5. The smallest absolute Gasteiger partial charge is 0.246 e. The van der Waals surface area contributed by atoms with Gasteiger partial charge in [-0.25, -0.2) is 9.97 Å². The molecule has 3 aromatic rings. The van der Waals surface area contributed by atoms with Crippen LogP contribution in [0.1, 0.15) is 12.6 Å². The molecule has 1 amide bonds. The number of benzene rings is 1. The molecule has 3 heterocycles. The number of amides is 1. The fourth-order valence-corrected chi connectivity index (χ4v) is 3.13. The van der Waals surface area contributed by atoms with Crippen LogP contribution in [-0.4, -0.2) is 61.9 Å². The van der Waals surface area contributed by atoms with E-state index in [0.29, 0.717) is 13.1 Å². The number of hydrogen-bond donors (Lipinski definition) is 0. The molecule has 0 N–H and O–H groups in total. The molecule has 1 saturated heterocycles. The lowest BCUT2D eigenvalue weighted by molar-refractivity contribution is -0.132. The average Bonchev–Trinajstić information content (AvgIpc) is 3.10. The van der Waals surface area contributed by atoms with E-state index >= 15 is 0 Å². The number of anilines is 1. The Balaban J connectivity index is 1.37. The Bertz CT molecular complexity index is 882. The third-order valence-corrected chi connectivity index (χ3v) is 4.63. The van der Waals surface area contributed by atoms with Crippen LogP contribution in [0, 0.1) is 0 Å². The van der Waals surface area contributed by atoms with Gasteiger partial charge in [0.05, 0.1) is 0 Å². The van der Waals surface area contributed by atoms with Crippen molar-refractivity contribution >= 4 is 22.8 Å². The quantitative estimate of drug-likeness (QED) is 0.701. The van der Waals surface area contributed by atoms with Crippen molar-refractivity contribution in [3.63, 3.8) is 0 Å². The molecule has 1 aromatic carbocycles. The summed E-state index contributed by atoms with van der Waals surface area (Å²) in [5.41, 5.74) is 2.64. The van der Waals surface area contributed by atoms with E-state index in [1.807, 2.05) is 35.2 Å². The number of nitrogens with zero attached hydrogens (tertiary/aromatic N) is 7. The molecule has 0 radical (unpaired) electrons. The summed E-state index contributed by atoms with van der Waals surface area (Å²) >= 11 is 0. The largest absolute Gasteiger partial charge is 0.353 e. The molecule has 2 aromatic heterocycles. The van der Waals surface area contributed by atoms with Crippen molar-refractivity contribution in [2.75, 3.05) is 31.1 Å². The highest BCUT2D eigenvalue weighted by molar-refractivity contribution is 5.77. The summed E-state index contributed by atoms with van der Waals surface area (Å²) in [4.78, 5) is 26.7. The van der Waals surface area contributed by atoms with Crippen molar-refractivity contribution in [3.05, 3.63) is 42.4 Å². The minimum atomic E-state index is 0.0434. The average molecular weight is 351 g/mol. The second kappa shape index (κ2) is 7.07. The molecule has 1 aliphatic heterocycles. The lowest BCUT2D eigenvalue weighted by Gasteiger charge is -2.35. The molecule has 0 atom stereocenters. The van der Waals surface area contributed by atoms with Crippen LogP contribution in [0.2, 0.25) is 0 Å². The van der Waals surface area contributed by atoms with E-state index in [4.69, 9.17) is 0 Å². The topological polar surface area (TPSA) is 80.0 Å². The first-order chi connectivity index (χ1) is 12.7. The summed E-state index contributed by atoms with van der Waals surface area (Å²) in [6.07, 6.45) is 2.50. The van der Waals surface area contributed by atoms with E-state index in [2.05, 4.69) is 32.0 Å². The van der Waals surface area contributed by atoms with Crippen LogP contribution in [-0.2, 0) is 17.8 Å². The molecular formula is C18H21N7O. The lowest BCUT2D eigenvalue weighted by atomic mass is 10.2. The van der Waals surface area contributed by atoms with Gasteiger partial charge < -0.3 is 9.80 Å². The molecule has 134 valence electrons. The van der Waals surface area contributed by atoms with Gasteiger partial charge in [0.1, 0.15) is 29.7 Å². The maximum Gasteiger partial charge on any atom is 0.246 e. The maximum absolute atomic E-state index is 12.6. The predicted octanol–water partition coefficient (Wildman–Crippen LogP) is 1.13. The molecule has 1 fully saturated rings. The Hall–Kier alpha value is -3.03. The van der Waals surface area contributed by atoms with Gasteiger partial charge >= 0.3 is 0 Å². The first kappa shape index (κ1) is 16.4. The van der Waals surface area contributed by atoms with Crippen molar-refractivity contribution < 1.29 is 4.79 Å². The van der Waals surface area contributed by atoms with Gasteiger partial charge in [0.15, 0.2) is 0 Å². The molecule has 0 bridgehead atoms. The van der Waals surface area contributed by atoms with Crippen LogP contribution in [0.15, 0.2) is 36.7 Å². The Morgan fingerprint density at radius 1 is 1.04 bits per heavy atom. The van der Waals surface area contributed by atoms with E-state index in [9.17, 15) is 4.79 Å². The monoisotopic (exact) mass is 351 g/mol. The number of rotatable bonds is 4. The molecule has 26 heavy (non-hydrogen) atoms. The molecule has 0 aliphatic carbocycles. The molecule has 0 saturated carbocycles. The van der Waals surface area contributed by atoms with E-state index in [1.165, 1.54) is 4.80 Å². The summed E-state index contributed by atoms with van der Waals surface area (Å²) in [6, 6.07) is 9.65. The summed E-state index contributed by atoms with van der Waals surface area (Å²) < 4.78 is 0. The van der Waals surface area contributed by atoms with Gasteiger partial charge in [-0.15, -0.1) is 0 Å². The van der Waals surface area contributed by atoms with Gasteiger partial charge in [0.2, 0.25) is 5.91 Å². The Labute approximate surface area is 151 Å². The Morgan fingerprint density at radius 3 is 2.38 bits per heavy atom. The van der Waals surface area contributed by atoms with Gasteiger partial charge in [-0.05, 0) is 18.6 Å². The van der Waals surface area contributed by atoms with Gasteiger partial charge in [-0.2, -0.15) is 15.0 Å². The minimum Gasteiger partial charge on any atom is -0.353 e. The third-order valence-electron chi connectivity index (χ3n) is 4.63. The SMILES string of the molecule is CCc1cc(N2CCN(C(=O)Cn3nc4ccccc4n3)CC2)ncn1. The second-order valence-corrected chi connectivity index (χ2v) is 6.31.